The number of aryl methyl sites for hydroxylation is 2. The van der Waals surface area contributed by atoms with Crippen molar-refractivity contribution in [3.05, 3.63) is 81.5 Å². The third-order valence-corrected chi connectivity index (χ3v) is 6.40. The molecule has 32 heavy (non-hydrogen) atoms. The predicted molar refractivity (Wildman–Crippen MR) is 127 cm³/mol. The molecule has 10 heteroatoms. The largest absolute Gasteiger partial charge is 0.301 e. The Labute approximate surface area is 192 Å². The van der Waals surface area contributed by atoms with Crippen molar-refractivity contribution < 1.29 is 9.72 Å². The molecule has 0 aliphatic heterocycles. The van der Waals surface area contributed by atoms with Crippen molar-refractivity contribution in [2.24, 2.45) is 0 Å². The van der Waals surface area contributed by atoms with Crippen LogP contribution in [-0.4, -0.2) is 31.1 Å². The molecule has 2 aromatic carbocycles. The standard InChI is InChI=1S/C22H19N5O3S2/c1-14-6-8-17(9-7-14)26-19(16-4-3-5-18(10-16)27(29)30)11-23-22(26)32-13-20(28)25-21-24-15(2)12-31-21/h3-12H,13H2,1-2H3,(H,24,25,28). The molecule has 4 aromatic rings. The predicted octanol–water partition coefficient (Wildman–Crippen LogP) is 5.25. The zero-order valence-electron chi connectivity index (χ0n) is 17.3. The Bertz CT molecular complexity index is 1280. The maximum Gasteiger partial charge on any atom is 0.270 e. The SMILES string of the molecule is Cc1ccc(-n2c(-c3cccc([N+](=O)[O-])c3)cnc2SCC(=O)Nc2nc(C)cs2)cc1. The molecule has 4 rings (SSSR count). The molecule has 0 aliphatic carbocycles. The average molecular weight is 466 g/mol. The molecule has 0 bridgehead atoms. The minimum Gasteiger partial charge on any atom is -0.301 e. The van der Waals surface area contributed by atoms with Crippen LogP contribution in [0.25, 0.3) is 16.9 Å². The number of nitrogens with one attached hydrogen (secondary N) is 1. The molecule has 0 saturated carbocycles. The number of anilines is 1. The summed E-state index contributed by atoms with van der Waals surface area (Å²) in [5.41, 5.74) is 4.20. The lowest BCUT2D eigenvalue weighted by atomic mass is 10.1. The van der Waals surface area contributed by atoms with Crippen molar-refractivity contribution in [3.8, 4) is 16.9 Å². The molecular weight excluding hydrogens is 446 g/mol. The van der Waals surface area contributed by atoms with E-state index in [2.05, 4.69) is 15.3 Å². The van der Waals surface area contributed by atoms with Gasteiger partial charge in [-0.15, -0.1) is 11.3 Å². The Balaban J connectivity index is 1.65. The maximum atomic E-state index is 12.4. The molecule has 0 aliphatic rings. The Morgan fingerprint density at radius 2 is 2.00 bits per heavy atom. The van der Waals surface area contributed by atoms with Gasteiger partial charge in [0.25, 0.3) is 5.69 Å². The second-order valence-electron chi connectivity index (χ2n) is 7.04. The van der Waals surface area contributed by atoms with E-state index >= 15 is 0 Å². The summed E-state index contributed by atoms with van der Waals surface area (Å²) in [4.78, 5) is 32.0. The monoisotopic (exact) mass is 465 g/mol. The summed E-state index contributed by atoms with van der Waals surface area (Å²) >= 11 is 2.67. The zero-order valence-corrected chi connectivity index (χ0v) is 18.9. The van der Waals surface area contributed by atoms with Crippen molar-refractivity contribution in [1.82, 2.24) is 14.5 Å². The lowest BCUT2D eigenvalue weighted by Crippen LogP contribution is -2.14. The number of imidazole rings is 1. The number of thiazole rings is 1. The van der Waals surface area contributed by atoms with Crippen LogP contribution in [0, 0.1) is 24.0 Å². The topological polar surface area (TPSA) is 103 Å². The molecule has 0 unspecified atom stereocenters. The van der Waals surface area contributed by atoms with Gasteiger partial charge in [-0.05, 0) is 26.0 Å². The molecule has 162 valence electrons. The zero-order chi connectivity index (χ0) is 22.7. The third kappa shape index (κ3) is 4.87. The number of hydrogen-bond acceptors (Lipinski definition) is 7. The number of hydrogen-bond donors (Lipinski definition) is 1. The van der Waals surface area contributed by atoms with Gasteiger partial charge in [-0.1, -0.05) is 41.6 Å². The molecule has 0 spiro atoms. The van der Waals surface area contributed by atoms with Crippen LogP contribution in [0.2, 0.25) is 0 Å². The Hall–Kier alpha value is -3.50. The first-order chi connectivity index (χ1) is 15.4. The van der Waals surface area contributed by atoms with E-state index in [-0.39, 0.29) is 17.3 Å². The molecule has 1 amide bonds. The van der Waals surface area contributed by atoms with Crippen LogP contribution in [0.3, 0.4) is 0 Å². The second kappa shape index (κ2) is 9.33. The van der Waals surface area contributed by atoms with Crippen LogP contribution < -0.4 is 5.32 Å². The van der Waals surface area contributed by atoms with Crippen molar-refractivity contribution in [1.29, 1.82) is 0 Å². The number of carbonyl (C=O) groups excluding carboxylic acids is 1. The van der Waals surface area contributed by atoms with E-state index in [1.807, 2.05) is 48.1 Å². The normalized spacial score (nSPS) is 10.8. The molecule has 2 heterocycles. The highest BCUT2D eigenvalue weighted by Gasteiger charge is 2.17. The van der Waals surface area contributed by atoms with Crippen molar-refractivity contribution >= 4 is 39.8 Å². The Kier molecular flexibility index (Phi) is 6.33. The fourth-order valence-corrected chi connectivity index (χ4v) is 4.56. The lowest BCUT2D eigenvalue weighted by Gasteiger charge is -2.12. The first kappa shape index (κ1) is 21.7. The Morgan fingerprint density at radius 3 is 2.69 bits per heavy atom. The number of benzene rings is 2. The third-order valence-electron chi connectivity index (χ3n) is 4.57. The van der Waals surface area contributed by atoms with Gasteiger partial charge in [0.2, 0.25) is 5.91 Å². The molecule has 0 atom stereocenters. The summed E-state index contributed by atoms with van der Waals surface area (Å²) in [5, 5.41) is 17.1. The highest BCUT2D eigenvalue weighted by atomic mass is 32.2. The number of non-ortho nitro benzene ring substituents is 1. The van der Waals surface area contributed by atoms with Crippen LogP contribution >= 0.6 is 23.1 Å². The maximum absolute atomic E-state index is 12.4. The van der Waals surface area contributed by atoms with E-state index in [0.29, 0.717) is 21.5 Å². The van der Waals surface area contributed by atoms with Crippen molar-refractivity contribution in [2.75, 3.05) is 11.1 Å². The number of carbonyl (C=O) groups is 1. The highest BCUT2D eigenvalue weighted by Crippen LogP contribution is 2.31. The average Bonchev–Trinajstić information content (AvgIpc) is 3.39. The van der Waals surface area contributed by atoms with Gasteiger partial charge in [0.1, 0.15) is 0 Å². The summed E-state index contributed by atoms with van der Waals surface area (Å²) in [6, 6.07) is 14.3. The molecule has 8 nitrogen and oxygen atoms in total. The van der Waals surface area contributed by atoms with Gasteiger partial charge in [-0.25, -0.2) is 9.97 Å². The van der Waals surface area contributed by atoms with Gasteiger partial charge in [-0.3, -0.25) is 19.5 Å². The molecule has 1 N–H and O–H groups in total. The van der Waals surface area contributed by atoms with E-state index in [0.717, 1.165) is 16.9 Å². The minimum atomic E-state index is -0.420. The number of thioether (sulfide) groups is 1. The number of nitro groups is 1. The van der Waals surface area contributed by atoms with Gasteiger partial charge < -0.3 is 5.32 Å². The van der Waals surface area contributed by atoms with Crippen LogP contribution in [0.5, 0.6) is 0 Å². The van der Waals surface area contributed by atoms with E-state index in [4.69, 9.17) is 0 Å². The fraction of sp³-hybridized carbons (Fsp3) is 0.136. The Morgan fingerprint density at radius 1 is 1.22 bits per heavy atom. The number of aromatic nitrogens is 3. The van der Waals surface area contributed by atoms with Gasteiger partial charge in [-0.2, -0.15) is 0 Å². The molecule has 2 aromatic heterocycles. The quantitative estimate of drug-likeness (QED) is 0.227. The first-order valence-corrected chi connectivity index (χ1v) is 11.5. The summed E-state index contributed by atoms with van der Waals surface area (Å²) in [5.74, 6) is -0.0321. The summed E-state index contributed by atoms with van der Waals surface area (Å²) in [7, 11) is 0. The summed E-state index contributed by atoms with van der Waals surface area (Å²) in [6.07, 6.45) is 1.67. The molecule has 0 radical (unpaired) electrons. The van der Waals surface area contributed by atoms with Gasteiger partial charge in [0, 0.05) is 28.8 Å². The van der Waals surface area contributed by atoms with Crippen molar-refractivity contribution in [2.45, 2.75) is 19.0 Å². The van der Waals surface area contributed by atoms with Crippen molar-refractivity contribution in [3.63, 3.8) is 0 Å². The first-order valence-electron chi connectivity index (χ1n) is 9.65. The molecule has 0 fully saturated rings. The second-order valence-corrected chi connectivity index (χ2v) is 8.84. The highest BCUT2D eigenvalue weighted by molar-refractivity contribution is 7.99. The molecule has 0 saturated heterocycles. The summed E-state index contributed by atoms with van der Waals surface area (Å²) in [6.45, 7) is 3.87. The van der Waals surface area contributed by atoms with Crippen LogP contribution in [0.4, 0.5) is 10.8 Å². The number of rotatable bonds is 7. The lowest BCUT2D eigenvalue weighted by molar-refractivity contribution is -0.384. The number of nitrogens with zero attached hydrogens (tertiary/aromatic N) is 4. The van der Waals surface area contributed by atoms with E-state index < -0.39 is 4.92 Å². The van der Waals surface area contributed by atoms with Crippen LogP contribution in [0.15, 0.2) is 65.3 Å². The van der Waals surface area contributed by atoms with Crippen LogP contribution in [0.1, 0.15) is 11.3 Å². The fourth-order valence-electron chi connectivity index (χ4n) is 3.06. The van der Waals surface area contributed by atoms with E-state index in [9.17, 15) is 14.9 Å². The summed E-state index contributed by atoms with van der Waals surface area (Å²) < 4.78 is 1.91. The van der Waals surface area contributed by atoms with E-state index in [1.54, 1.807) is 18.3 Å². The number of nitro benzene ring substituents is 1. The van der Waals surface area contributed by atoms with Gasteiger partial charge >= 0.3 is 0 Å². The van der Waals surface area contributed by atoms with Gasteiger partial charge in [0.15, 0.2) is 10.3 Å². The number of amides is 1. The minimum absolute atomic E-state index is 0.00600. The molecular formula is C22H19N5O3S2. The van der Waals surface area contributed by atoms with E-state index in [1.165, 1.54) is 35.2 Å². The van der Waals surface area contributed by atoms with Gasteiger partial charge in [0.05, 0.1) is 28.3 Å². The smallest absolute Gasteiger partial charge is 0.270 e. The van der Waals surface area contributed by atoms with Crippen LogP contribution in [-0.2, 0) is 4.79 Å².